The van der Waals surface area contributed by atoms with Gasteiger partial charge in [-0.2, -0.15) is 0 Å². The molecular weight excluding hydrogens is 259 g/mol. The van der Waals surface area contributed by atoms with Crippen molar-refractivity contribution in [3.05, 3.63) is 20.4 Å². The van der Waals surface area contributed by atoms with Crippen molar-refractivity contribution < 1.29 is 14.0 Å². The predicted octanol–water partition coefficient (Wildman–Crippen LogP) is -0.0390. The molecule has 1 aliphatic rings. The minimum absolute atomic E-state index is 0.0456. The Morgan fingerprint density at radius 2 is 2.11 bits per heavy atom. The van der Waals surface area contributed by atoms with Gasteiger partial charge in [-0.25, -0.2) is 0 Å². The van der Waals surface area contributed by atoms with Crippen LogP contribution in [0, 0.1) is 0 Å². The molecule has 0 fully saturated rings. The molecule has 0 amide bonds. The van der Waals surface area contributed by atoms with Crippen LogP contribution in [0.2, 0.25) is 0 Å². The molecule has 7 nitrogen and oxygen atoms in total. The van der Waals surface area contributed by atoms with Crippen molar-refractivity contribution in [3.8, 4) is 0 Å². The largest absolute Gasteiger partial charge is 0.694 e. The lowest BCUT2D eigenvalue weighted by molar-refractivity contribution is 0.286. The van der Waals surface area contributed by atoms with E-state index in [-0.39, 0.29) is 6.61 Å². The maximum atomic E-state index is 11.5. The monoisotopic (exact) mass is 273 g/mol. The van der Waals surface area contributed by atoms with Crippen LogP contribution in [0.1, 0.15) is 12.8 Å². The fourth-order valence-corrected chi connectivity index (χ4v) is 2.29. The zero-order valence-electron chi connectivity index (χ0n) is 9.72. The number of fused-ring (bicyclic) bond motifs is 1. The molecule has 0 aliphatic carbocycles. The molecule has 0 saturated carbocycles. The summed E-state index contributed by atoms with van der Waals surface area (Å²) in [6, 6.07) is 0. The van der Waals surface area contributed by atoms with E-state index in [0.29, 0.717) is 31.0 Å². The summed E-state index contributed by atoms with van der Waals surface area (Å²) in [7, 11) is -2.63. The van der Waals surface area contributed by atoms with Crippen LogP contribution in [0.15, 0.2) is 9.59 Å². The lowest BCUT2D eigenvalue weighted by atomic mass is 10.1. The van der Waals surface area contributed by atoms with Gasteiger partial charge in [-0.3, -0.25) is 9.59 Å². The highest BCUT2D eigenvalue weighted by molar-refractivity contribution is 7.32. The van der Waals surface area contributed by atoms with Crippen LogP contribution in [0.4, 0.5) is 11.4 Å². The van der Waals surface area contributed by atoms with Gasteiger partial charge in [0.2, 0.25) is 0 Å². The predicted molar refractivity (Wildman–Crippen MR) is 67.1 cm³/mol. The Kier molecular flexibility index (Phi) is 4.06. The van der Waals surface area contributed by atoms with Crippen molar-refractivity contribution in [2.45, 2.75) is 12.8 Å². The summed E-state index contributed by atoms with van der Waals surface area (Å²) >= 11 is 0. The van der Waals surface area contributed by atoms with Gasteiger partial charge in [-0.15, -0.1) is 9.42 Å². The number of hydrogen-bond acceptors (Lipinski definition) is 6. The fraction of sp³-hybridized carbons (Fsp3) is 0.600. The molecular formula is C10H14N2O5P+. The van der Waals surface area contributed by atoms with Crippen molar-refractivity contribution in [1.82, 2.24) is 0 Å². The molecule has 1 aliphatic heterocycles. The molecule has 8 heteroatoms. The van der Waals surface area contributed by atoms with Gasteiger partial charge in [0.05, 0.1) is 0 Å². The van der Waals surface area contributed by atoms with Crippen LogP contribution in [-0.2, 0) is 9.09 Å². The minimum Gasteiger partial charge on any atom is -0.380 e. The summed E-state index contributed by atoms with van der Waals surface area (Å²) in [6.45, 7) is 1.70. The summed E-state index contributed by atoms with van der Waals surface area (Å²) in [4.78, 5) is 33.2. The smallest absolute Gasteiger partial charge is 0.380 e. The van der Waals surface area contributed by atoms with E-state index in [0.717, 1.165) is 12.8 Å². The van der Waals surface area contributed by atoms with Crippen molar-refractivity contribution in [2.24, 2.45) is 0 Å². The highest BCUT2D eigenvalue weighted by Crippen LogP contribution is 2.23. The Labute approximate surface area is 104 Å². The number of hydrogen-bond donors (Lipinski definition) is 2. The van der Waals surface area contributed by atoms with E-state index in [1.165, 1.54) is 0 Å². The highest BCUT2D eigenvalue weighted by atomic mass is 31.1. The van der Waals surface area contributed by atoms with Gasteiger partial charge in [0.25, 0.3) is 10.9 Å². The molecule has 2 N–H and O–H groups in total. The summed E-state index contributed by atoms with van der Waals surface area (Å²) in [6.07, 6.45) is 1.79. The maximum absolute atomic E-state index is 11.5. The number of anilines is 2. The van der Waals surface area contributed by atoms with Crippen molar-refractivity contribution in [2.75, 3.05) is 36.5 Å². The van der Waals surface area contributed by atoms with Gasteiger partial charge in [0, 0.05) is 24.2 Å². The van der Waals surface area contributed by atoms with Crippen LogP contribution >= 0.6 is 8.25 Å². The van der Waals surface area contributed by atoms with Gasteiger partial charge < -0.3 is 10.2 Å². The van der Waals surface area contributed by atoms with Gasteiger partial charge in [-0.05, 0) is 12.8 Å². The average molecular weight is 273 g/mol. The summed E-state index contributed by atoms with van der Waals surface area (Å²) in [5.74, 6) is 0. The van der Waals surface area contributed by atoms with Crippen LogP contribution < -0.4 is 21.1 Å². The van der Waals surface area contributed by atoms with E-state index < -0.39 is 19.1 Å². The van der Waals surface area contributed by atoms with Crippen LogP contribution in [0.25, 0.3) is 0 Å². The molecule has 0 saturated heterocycles. The van der Waals surface area contributed by atoms with Crippen LogP contribution in [-0.4, -0.2) is 31.1 Å². The fourth-order valence-electron chi connectivity index (χ4n) is 2.05. The number of rotatable bonds is 4. The summed E-state index contributed by atoms with van der Waals surface area (Å²) in [5.41, 5.74) is -0.219. The first kappa shape index (κ1) is 13.1. The molecule has 0 bridgehead atoms. The molecule has 0 aromatic heterocycles. The molecule has 1 heterocycles. The minimum atomic E-state index is -2.63. The van der Waals surface area contributed by atoms with Gasteiger partial charge >= 0.3 is 8.25 Å². The second kappa shape index (κ2) is 5.56. The molecule has 98 valence electrons. The molecule has 1 atom stereocenters. The average Bonchev–Trinajstić information content (AvgIpc) is 2.31. The van der Waals surface area contributed by atoms with Crippen molar-refractivity contribution in [3.63, 3.8) is 0 Å². The third-order valence-electron chi connectivity index (χ3n) is 2.92. The first-order valence-electron chi connectivity index (χ1n) is 5.72. The van der Waals surface area contributed by atoms with E-state index in [1.807, 2.05) is 0 Å². The Bertz CT molecular complexity index is 522. The molecule has 1 aromatic rings. The molecule has 2 rings (SSSR count). The molecule has 18 heavy (non-hydrogen) atoms. The van der Waals surface area contributed by atoms with Crippen LogP contribution in [0.3, 0.4) is 0 Å². The third kappa shape index (κ3) is 2.58. The Morgan fingerprint density at radius 3 is 2.83 bits per heavy atom. The molecule has 0 spiro atoms. The summed E-state index contributed by atoms with van der Waals surface area (Å²) in [5, 5.41) is 2.95. The van der Waals surface area contributed by atoms with E-state index in [9.17, 15) is 14.2 Å². The first-order chi connectivity index (χ1) is 8.61. The summed E-state index contributed by atoms with van der Waals surface area (Å²) < 4.78 is 15.0. The van der Waals surface area contributed by atoms with Gasteiger partial charge in [0.15, 0.2) is 0 Å². The van der Waals surface area contributed by atoms with E-state index in [4.69, 9.17) is 4.89 Å². The highest BCUT2D eigenvalue weighted by Gasteiger charge is 2.27. The van der Waals surface area contributed by atoms with Gasteiger partial charge in [-0.1, -0.05) is 0 Å². The Morgan fingerprint density at radius 1 is 1.33 bits per heavy atom. The normalized spacial score (nSPS) is 16.7. The second-order valence-corrected chi connectivity index (χ2v) is 4.81. The Balaban J connectivity index is 2.10. The lowest BCUT2D eigenvalue weighted by Gasteiger charge is -2.29. The van der Waals surface area contributed by atoms with E-state index in [1.54, 1.807) is 4.90 Å². The van der Waals surface area contributed by atoms with Gasteiger partial charge in [0.1, 0.15) is 18.0 Å². The standard InChI is InChI=1S/C10H13N2O5P/c13-9-7-8(10(9)14)12(4-2-1-3-11-7)5-6-17-18(15)16/h1-6H2,(H-,11,14,15,16)/p+1. The molecule has 0 radical (unpaired) electrons. The molecule has 1 unspecified atom stereocenters. The second-order valence-electron chi connectivity index (χ2n) is 4.07. The van der Waals surface area contributed by atoms with Crippen molar-refractivity contribution in [1.29, 1.82) is 0 Å². The SMILES string of the molecule is O=c1c2c(c1=O)N(CCO[P+](=O)O)CCCCN2. The zero-order valence-corrected chi connectivity index (χ0v) is 10.6. The Hall–Kier alpha value is -1.30. The third-order valence-corrected chi connectivity index (χ3v) is 3.32. The van der Waals surface area contributed by atoms with E-state index >= 15 is 0 Å². The maximum Gasteiger partial charge on any atom is 0.694 e. The zero-order chi connectivity index (χ0) is 13.1. The first-order valence-corrected chi connectivity index (χ1v) is 6.85. The van der Waals surface area contributed by atoms with E-state index in [2.05, 4.69) is 9.84 Å². The van der Waals surface area contributed by atoms with Crippen molar-refractivity contribution >= 4 is 19.6 Å². The quantitative estimate of drug-likeness (QED) is 0.587. The van der Waals surface area contributed by atoms with Crippen LogP contribution in [0.5, 0.6) is 0 Å². The topological polar surface area (TPSA) is 95.9 Å². The lowest BCUT2D eigenvalue weighted by Crippen LogP contribution is -2.45. The number of nitrogens with one attached hydrogen (secondary N) is 1. The molecule has 1 aromatic carbocycles. The number of nitrogens with zero attached hydrogens (tertiary/aromatic N) is 1.